The number of thioether (sulfide) groups is 1. The van der Waals surface area contributed by atoms with Crippen LogP contribution in [0, 0.1) is 0 Å². The zero-order valence-corrected chi connectivity index (χ0v) is 19.1. The van der Waals surface area contributed by atoms with Crippen molar-refractivity contribution in [2.45, 2.75) is 24.0 Å². The Morgan fingerprint density at radius 3 is 2.03 bits per heavy atom. The fourth-order valence-electron chi connectivity index (χ4n) is 2.73. The van der Waals surface area contributed by atoms with E-state index in [1.165, 1.54) is 11.8 Å². The predicted octanol–water partition coefficient (Wildman–Crippen LogP) is 6.01. The van der Waals surface area contributed by atoms with Crippen LogP contribution in [-0.2, 0) is 4.79 Å². The second-order valence-corrected chi connectivity index (χ2v) is 8.50. The van der Waals surface area contributed by atoms with E-state index >= 15 is 0 Å². The number of amides is 1. The van der Waals surface area contributed by atoms with E-state index in [4.69, 9.17) is 17.0 Å². The van der Waals surface area contributed by atoms with E-state index in [2.05, 4.69) is 16.0 Å². The lowest BCUT2D eigenvalue weighted by Crippen LogP contribution is -2.22. The highest BCUT2D eigenvalue weighted by molar-refractivity contribution is 8.00. The molecule has 160 valence electrons. The minimum Gasteiger partial charge on any atom is -0.494 e. The highest BCUT2D eigenvalue weighted by atomic mass is 32.2. The molecule has 3 aromatic rings. The Balaban J connectivity index is 1.49. The van der Waals surface area contributed by atoms with Crippen LogP contribution in [0.25, 0.3) is 0 Å². The third kappa shape index (κ3) is 7.31. The molecule has 0 aliphatic heterocycles. The highest BCUT2D eigenvalue weighted by Crippen LogP contribution is 2.26. The molecule has 0 heterocycles. The van der Waals surface area contributed by atoms with E-state index in [1.807, 2.05) is 92.7 Å². The molecular formula is C24H25N3O2S2. The van der Waals surface area contributed by atoms with Gasteiger partial charge in [-0.15, -0.1) is 11.8 Å². The first-order valence-electron chi connectivity index (χ1n) is 9.97. The molecule has 0 spiro atoms. The predicted molar refractivity (Wildman–Crippen MR) is 134 cm³/mol. The first-order chi connectivity index (χ1) is 15.0. The third-order valence-electron chi connectivity index (χ3n) is 4.26. The van der Waals surface area contributed by atoms with Crippen molar-refractivity contribution in [3.8, 4) is 5.75 Å². The lowest BCUT2D eigenvalue weighted by Gasteiger charge is -2.14. The van der Waals surface area contributed by atoms with Gasteiger partial charge in [0.15, 0.2) is 5.11 Å². The molecule has 5 nitrogen and oxygen atoms in total. The Bertz CT molecular complexity index is 994. The van der Waals surface area contributed by atoms with Gasteiger partial charge in [0.2, 0.25) is 5.91 Å². The molecule has 0 saturated carbocycles. The highest BCUT2D eigenvalue weighted by Gasteiger charge is 2.14. The summed E-state index contributed by atoms with van der Waals surface area (Å²) in [5.41, 5.74) is 2.56. The Morgan fingerprint density at radius 2 is 1.42 bits per heavy atom. The van der Waals surface area contributed by atoms with Crippen molar-refractivity contribution in [2.24, 2.45) is 0 Å². The van der Waals surface area contributed by atoms with Crippen molar-refractivity contribution in [3.63, 3.8) is 0 Å². The minimum absolute atomic E-state index is 0.0513. The second-order valence-electron chi connectivity index (χ2n) is 6.68. The fraction of sp³-hybridized carbons (Fsp3) is 0.167. The molecule has 0 aliphatic carbocycles. The van der Waals surface area contributed by atoms with Crippen LogP contribution in [-0.4, -0.2) is 22.9 Å². The molecule has 0 bridgehead atoms. The number of rotatable bonds is 8. The zero-order valence-electron chi connectivity index (χ0n) is 17.4. The number of para-hydroxylation sites is 1. The SMILES string of the molecule is CCOc1ccc(NC(=O)C(C)Sc2ccc(NC(=S)Nc3ccccc3)cc2)cc1. The number of nitrogens with one attached hydrogen (secondary N) is 3. The molecule has 3 N–H and O–H groups in total. The first-order valence-corrected chi connectivity index (χ1v) is 11.3. The molecule has 31 heavy (non-hydrogen) atoms. The number of carbonyl (C=O) groups is 1. The van der Waals surface area contributed by atoms with Gasteiger partial charge in [0.05, 0.1) is 11.9 Å². The van der Waals surface area contributed by atoms with E-state index in [1.54, 1.807) is 0 Å². The summed E-state index contributed by atoms with van der Waals surface area (Å²) in [5, 5.41) is 9.52. The van der Waals surface area contributed by atoms with Gasteiger partial charge in [0, 0.05) is 22.0 Å². The van der Waals surface area contributed by atoms with E-state index in [0.29, 0.717) is 11.7 Å². The molecule has 0 aromatic heterocycles. The summed E-state index contributed by atoms with van der Waals surface area (Å²) in [6, 6.07) is 25.0. The second kappa shape index (κ2) is 11.4. The largest absolute Gasteiger partial charge is 0.494 e. The van der Waals surface area contributed by atoms with E-state index in [-0.39, 0.29) is 11.2 Å². The standard InChI is InChI=1S/C24H25N3O2S2/c1-3-29-21-13-9-19(10-14-21)25-23(28)17(2)31-22-15-11-20(12-16-22)27-24(30)26-18-7-5-4-6-8-18/h4-17H,3H2,1-2H3,(H,25,28)(H2,26,27,30). The molecule has 0 fully saturated rings. The number of hydrogen-bond donors (Lipinski definition) is 3. The maximum Gasteiger partial charge on any atom is 0.237 e. The van der Waals surface area contributed by atoms with Crippen molar-refractivity contribution >= 4 is 52.1 Å². The number of hydrogen-bond acceptors (Lipinski definition) is 4. The van der Waals surface area contributed by atoms with Crippen molar-refractivity contribution < 1.29 is 9.53 Å². The fourth-order valence-corrected chi connectivity index (χ4v) is 3.84. The molecule has 1 atom stereocenters. The van der Waals surface area contributed by atoms with Gasteiger partial charge >= 0.3 is 0 Å². The summed E-state index contributed by atoms with van der Waals surface area (Å²) < 4.78 is 5.42. The Kier molecular flexibility index (Phi) is 8.32. The summed E-state index contributed by atoms with van der Waals surface area (Å²) in [4.78, 5) is 13.5. The van der Waals surface area contributed by atoms with Crippen LogP contribution in [0.4, 0.5) is 17.1 Å². The maximum absolute atomic E-state index is 12.5. The van der Waals surface area contributed by atoms with Crippen LogP contribution in [0.3, 0.4) is 0 Å². The van der Waals surface area contributed by atoms with Gasteiger partial charge in [-0.05, 0) is 86.7 Å². The number of ether oxygens (including phenoxy) is 1. The van der Waals surface area contributed by atoms with E-state index in [0.717, 1.165) is 27.7 Å². The summed E-state index contributed by atoms with van der Waals surface area (Å²) in [5.74, 6) is 0.736. The molecule has 3 aromatic carbocycles. The van der Waals surface area contributed by atoms with Crippen LogP contribution in [0.5, 0.6) is 5.75 Å². The van der Waals surface area contributed by atoms with Crippen molar-refractivity contribution in [1.82, 2.24) is 0 Å². The van der Waals surface area contributed by atoms with Gasteiger partial charge in [-0.1, -0.05) is 18.2 Å². The lowest BCUT2D eigenvalue weighted by atomic mass is 10.3. The Hall–Kier alpha value is -3.03. The van der Waals surface area contributed by atoms with Gasteiger partial charge in [-0.3, -0.25) is 4.79 Å². The van der Waals surface area contributed by atoms with Gasteiger partial charge in [0.25, 0.3) is 0 Å². The smallest absolute Gasteiger partial charge is 0.237 e. The van der Waals surface area contributed by atoms with Gasteiger partial charge < -0.3 is 20.7 Å². The van der Waals surface area contributed by atoms with Crippen molar-refractivity contribution in [2.75, 3.05) is 22.6 Å². The van der Waals surface area contributed by atoms with Gasteiger partial charge in [0.1, 0.15) is 5.75 Å². The number of anilines is 3. The molecule has 0 radical (unpaired) electrons. The first kappa shape index (κ1) is 22.7. The minimum atomic E-state index is -0.244. The van der Waals surface area contributed by atoms with Crippen LogP contribution >= 0.6 is 24.0 Å². The Morgan fingerprint density at radius 1 is 0.871 bits per heavy atom. The van der Waals surface area contributed by atoms with E-state index < -0.39 is 0 Å². The zero-order chi connectivity index (χ0) is 22.1. The van der Waals surface area contributed by atoms with Crippen molar-refractivity contribution in [1.29, 1.82) is 0 Å². The number of benzene rings is 3. The van der Waals surface area contributed by atoms with E-state index in [9.17, 15) is 4.79 Å². The summed E-state index contributed by atoms with van der Waals surface area (Å²) in [6.07, 6.45) is 0. The maximum atomic E-state index is 12.5. The average Bonchev–Trinajstić information content (AvgIpc) is 2.77. The summed E-state index contributed by atoms with van der Waals surface area (Å²) in [6.45, 7) is 4.44. The van der Waals surface area contributed by atoms with Crippen LogP contribution in [0.1, 0.15) is 13.8 Å². The molecule has 7 heteroatoms. The van der Waals surface area contributed by atoms with Crippen molar-refractivity contribution in [3.05, 3.63) is 78.9 Å². The molecule has 0 aliphatic rings. The third-order valence-corrected chi connectivity index (χ3v) is 5.57. The molecular weight excluding hydrogens is 426 g/mol. The average molecular weight is 452 g/mol. The topological polar surface area (TPSA) is 62.4 Å². The molecule has 1 unspecified atom stereocenters. The van der Waals surface area contributed by atoms with Gasteiger partial charge in [-0.2, -0.15) is 0 Å². The molecule has 3 rings (SSSR count). The van der Waals surface area contributed by atoms with Crippen LogP contribution in [0.15, 0.2) is 83.8 Å². The lowest BCUT2D eigenvalue weighted by molar-refractivity contribution is -0.115. The van der Waals surface area contributed by atoms with Gasteiger partial charge in [-0.25, -0.2) is 0 Å². The summed E-state index contributed by atoms with van der Waals surface area (Å²) >= 11 is 6.85. The number of thiocarbonyl (C=S) groups is 1. The van der Waals surface area contributed by atoms with Crippen LogP contribution < -0.4 is 20.7 Å². The molecule has 0 saturated heterocycles. The quantitative estimate of drug-likeness (QED) is 0.288. The Labute approximate surface area is 192 Å². The monoisotopic (exact) mass is 451 g/mol. The van der Waals surface area contributed by atoms with Crippen LogP contribution in [0.2, 0.25) is 0 Å². The normalized spacial score (nSPS) is 11.3. The summed E-state index contributed by atoms with van der Waals surface area (Å²) in [7, 11) is 0. The molecule has 1 amide bonds. The number of carbonyl (C=O) groups excluding carboxylic acids is 1.